The highest BCUT2D eigenvalue weighted by Crippen LogP contribution is 2.43. The van der Waals surface area contributed by atoms with Crippen molar-refractivity contribution in [2.45, 2.75) is 46.6 Å². The quantitative estimate of drug-likeness (QED) is 0.291. The average Bonchev–Trinajstić information content (AvgIpc) is 3.11. The van der Waals surface area contributed by atoms with Gasteiger partial charge >= 0.3 is 0 Å². The van der Waals surface area contributed by atoms with Crippen molar-refractivity contribution < 1.29 is 19.4 Å². The molecule has 180 valence electrons. The van der Waals surface area contributed by atoms with Crippen molar-refractivity contribution in [3.05, 3.63) is 93.8 Å². The van der Waals surface area contributed by atoms with Crippen LogP contribution in [0, 0.1) is 20.8 Å². The van der Waals surface area contributed by atoms with Gasteiger partial charge in [0.2, 0.25) is 0 Å². The number of rotatable bonds is 5. The predicted molar refractivity (Wildman–Crippen MR) is 137 cm³/mol. The van der Waals surface area contributed by atoms with E-state index in [0.29, 0.717) is 22.7 Å². The largest absolute Gasteiger partial charge is 0.507 e. The molecule has 0 aliphatic carbocycles. The molecule has 1 saturated heterocycles. The van der Waals surface area contributed by atoms with Gasteiger partial charge in [-0.2, -0.15) is 0 Å². The zero-order valence-electron chi connectivity index (χ0n) is 20.9. The third kappa shape index (κ3) is 4.20. The molecule has 1 amide bonds. The molecule has 4 rings (SSSR count). The van der Waals surface area contributed by atoms with Crippen molar-refractivity contribution in [3.8, 4) is 5.75 Å². The summed E-state index contributed by atoms with van der Waals surface area (Å²) < 4.78 is 5.54. The van der Waals surface area contributed by atoms with Gasteiger partial charge in [-0.25, -0.2) is 0 Å². The van der Waals surface area contributed by atoms with Gasteiger partial charge < -0.3 is 9.84 Å². The molecule has 1 atom stereocenters. The summed E-state index contributed by atoms with van der Waals surface area (Å²) in [6.07, 6.45) is 1.62. The second kappa shape index (κ2) is 9.37. The zero-order valence-corrected chi connectivity index (χ0v) is 20.9. The Morgan fingerprint density at radius 1 is 1.00 bits per heavy atom. The minimum Gasteiger partial charge on any atom is -0.507 e. The van der Waals surface area contributed by atoms with Crippen LogP contribution in [0.5, 0.6) is 5.75 Å². The summed E-state index contributed by atoms with van der Waals surface area (Å²) >= 11 is 0. The predicted octanol–water partition coefficient (Wildman–Crippen LogP) is 5.77. The molecular weight excluding hydrogens is 440 g/mol. The van der Waals surface area contributed by atoms with Gasteiger partial charge in [-0.3, -0.25) is 19.5 Å². The smallest absolute Gasteiger partial charge is 0.300 e. The van der Waals surface area contributed by atoms with E-state index in [1.54, 1.807) is 31.5 Å². The van der Waals surface area contributed by atoms with Gasteiger partial charge in [0.15, 0.2) is 0 Å². The number of nitrogens with zero attached hydrogens (tertiary/aromatic N) is 2. The molecule has 0 radical (unpaired) electrons. The number of benzene rings is 2. The molecule has 6 heteroatoms. The molecule has 35 heavy (non-hydrogen) atoms. The SMILES string of the molecule is COc1cc(C)c(/C(O)=C2\C(=O)C(=O)N(c3ccc(C)c(C)c3)C2c2ccccn2)cc1C(C)C. The monoisotopic (exact) mass is 470 g/mol. The Bertz CT molecular complexity index is 1340. The van der Waals surface area contributed by atoms with Crippen molar-refractivity contribution in [2.75, 3.05) is 12.0 Å². The molecule has 6 nitrogen and oxygen atoms in total. The molecule has 1 N–H and O–H groups in total. The Morgan fingerprint density at radius 2 is 1.74 bits per heavy atom. The summed E-state index contributed by atoms with van der Waals surface area (Å²) in [5, 5.41) is 11.6. The summed E-state index contributed by atoms with van der Waals surface area (Å²) in [6.45, 7) is 9.85. The molecule has 1 unspecified atom stereocenters. The van der Waals surface area contributed by atoms with Crippen molar-refractivity contribution in [1.82, 2.24) is 4.98 Å². The Hall–Kier alpha value is -3.93. The van der Waals surface area contributed by atoms with E-state index in [2.05, 4.69) is 4.98 Å². The summed E-state index contributed by atoms with van der Waals surface area (Å²) in [6, 6.07) is 13.8. The first kappa shape index (κ1) is 24.2. The van der Waals surface area contributed by atoms with E-state index in [4.69, 9.17) is 4.74 Å². The van der Waals surface area contributed by atoms with Crippen LogP contribution >= 0.6 is 0 Å². The lowest BCUT2D eigenvalue weighted by atomic mass is 9.92. The first-order valence-corrected chi connectivity index (χ1v) is 11.6. The number of aromatic nitrogens is 1. The minimum atomic E-state index is -0.859. The lowest BCUT2D eigenvalue weighted by molar-refractivity contribution is -0.132. The molecule has 2 aromatic carbocycles. The van der Waals surface area contributed by atoms with E-state index in [9.17, 15) is 14.7 Å². The number of ether oxygens (including phenoxy) is 1. The third-order valence-electron chi connectivity index (χ3n) is 6.63. The van der Waals surface area contributed by atoms with Gasteiger partial charge in [-0.15, -0.1) is 0 Å². The maximum atomic E-state index is 13.4. The number of aliphatic hydroxyl groups is 1. The highest BCUT2D eigenvalue weighted by Gasteiger charge is 2.47. The van der Waals surface area contributed by atoms with Gasteiger partial charge in [-0.1, -0.05) is 26.0 Å². The minimum absolute atomic E-state index is 0.0231. The molecule has 2 heterocycles. The van der Waals surface area contributed by atoms with Gasteiger partial charge in [0, 0.05) is 17.4 Å². The van der Waals surface area contributed by atoms with E-state index in [0.717, 1.165) is 22.3 Å². The van der Waals surface area contributed by atoms with Gasteiger partial charge in [0.1, 0.15) is 17.6 Å². The van der Waals surface area contributed by atoms with Crippen molar-refractivity contribution in [3.63, 3.8) is 0 Å². The lowest BCUT2D eigenvalue weighted by Crippen LogP contribution is -2.30. The molecule has 1 fully saturated rings. The van der Waals surface area contributed by atoms with E-state index in [1.165, 1.54) is 4.90 Å². The number of carbonyl (C=O) groups is 2. The molecular formula is C29H30N2O4. The summed E-state index contributed by atoms with van der Waals surface area (Å²) in [5.41, 5.74) is 5.31. The van der Waals surface area contributed by atoms with Crippen LogP contribution in [0.4, 0.5) is 5.69 Å². The van der Waals surface area contributed by atoms with Crippen molar-refractivity contribution in [2.24, 2.45) is 0 Å². The van der Waals surface area contributed by atoms with Crippen LogP contribution in [0.15, 0.2) is 60.3 Å². The van der Waals surface area contributed by atoms with Crippen LogP contribution < -0.4 is 9.64 Å². The Labute approximate surface area is 205 Å². The number of carbonyl (C=O) groups excluding carboxylic acids is 2. The number of pyridine rings is 1. The average molecular weight is 471 g/mol. The second-order valence-electron chi connectivity index (χ2n) is 9.26. The second-order valence-corrected chi connectivity index (χ2v) is 9.26. The van der Waals surface area contributed by atoms with E-state index >= 15 is 0 Å². The zero-order chi connectivity index (χ0) is 25.4. The normalized spacial score (nSPS) is 17.3. The van der Waals surface area contributed by atoms with Gasteiger partial charge in [-0.05, 0) is 85.3 Å². The maximum absolute atomic E-state index is 13.4. The van der Waals surface area contributed by atoms with Gasteiger partial charge in [0.25, 0.3) is 11.7 Å². The number of anilines is 1. The standard InChI is InChI=1S/C29H30N2O4/c1-16(2)21-15-22(19(5)14-24(21)35-6)27(32)25-26(23-9-7-8-12-30-23)31(29(34)28(25)33)20-11-10-17(3)18(4)13-20/h7-16,26,32H,1-6H3/b27-25+. The molecule has 1 aromatic heterocycles. The van der Waals surface area contributed by atoms with Crippen LogP contribution in [-0.4, -0.2) is 28.9 Å². The lowest BCUT2D eigenvalue weighted by Gasteiger charge is -2.25. The van der Waals surface area contributed by atoms with E-state index in [1.807, 2.05) is 65.0 Å². The third-order valence-corrected chi connectivity index (χ3v) is 6.63. The molecule has 3 aromatic rings. The summed E-state index contributed by atoms with van der Waals surface area (Å²) in [4.78, 5) is 32.7. The maximum Gasteiger partial charge on any atom is 0.300 e. The summed E-state index contributed by atoms with van der Waals surface area (Å²) in [5.74, 6) is -0.807. The Balaban J connectivity index is 1.98. The fourth-order valence-corrected chi connectivity index (χ4v) is 4.52. The topological polar surface area (TPSA) is 79.7 Å². The van der Waals surface area contributed by atoms with Crippen LogP contribution in [0.1, 0.15) is 59.3 Å². The highest BCUT2D eigenvalue weighted by molar-refractivity contribution is 6.51. The van der Waals surface area contributed by atoms with Crippen LogP contribution in [0.25, 0.3) is 5.76 Å². The molecule has 1 aliphatic heterocycles. The number of hydrogen-bond donors (Lipinski definition) is 1. The first-order chi connectivity index (χ1) is 16.6. The molecule has 0 saturated carbocycles. The van der Waals surface area contributed by atoms with Crippen LogP contribution in [0.2, 0.25) is 0 Å². The van der Waals surface area contributed by atoms with E-state index < -0.39 is 17.7 Å². The summed E-state index contributed by atoms with van der Waals surface area (Å²) in [7, 11) is 1.61. The van der Waals surface area contributed by atoms with Gasteiger partial charge in [0.05, 0.1) is 18.4 Å². The number of methoxy groups -OCH3 is 1. The Morgan fingerprint density at radius 3 is 2.34 bits per heavy atom. The number of aryl methyl sites for hydroxylation is 3. The van der Waals surface area contributed by atoms with Crippen molar-refractivity contribution >= 4 is 23.1 Å². The fraction of sp³-hybridized carbons (Fsp3) is 0.276. The number of amides is 1. The molecule has 0 bridgehead atoms. The number of hydrogen-bond acceptors (Lipinski definition) is 5. The van der Waals surface area contributed by atoms with Crippen LogP contribution in [0.3, 0.4) is 0 Å². The number of ketones is 1. The molecule has 1 aliphatic rings. The highest BCUT2D eigenvalue weighted by atomic mass is 16.5. The first-order valence-electron chi connectivity index (χ1n) is 11.6. The van der Waals surface area contributed by atoms with Crippen molar-refractivity contribution in [1.29, 1.82) is 0 Å². The van der Waals surface area contributed by atoms with E-state index in [-0.39, 0.29) is 17.3 Å². The Kier molecular flexibility index (Phi) is 6.48. The number of Topliss-reactive ketones (excluding diaryl/α,β-unsaturated/α-hetero) is 1. The fourth-order valence-electron chi connectivity index (χ4n) is 4.52. The number of aliphatic hydroxyl groups excluding tert-OH is 1. The molecule has 0 spiro atoms. The van der Waals surface area contributed by atoms with Crippen LogP contribution in [-0.2, 0) is 9.59 Å².